The summed E-state index contributed by atoms with van der Waals surface area (Å²) in [5.41, 5.74) is 2.25. The quantitative estimate of drug-likeness (QED) is 0.733. The van der Waals surface area contributed by atoms with E-state index in [1.54, 1.807) is 0 Å². The Labute approximate surface area is 155 Å². The first kappa shape index (κ1) is 19.2. The number of rotatable bonds is 2. The molecular formula is C19H29N2O4P. The first-order valence-electron chi connectivity index (χ1n) is 9.29. The molecule has 26 heavy (non-hydrogen) atoms. The standard InChI is InChI=1S/C19H29N2O4P/c1-19(2,3)15-10-11-17-14(12-15)13-21(16-8-6-5-7-9-16)26(23,25-17)20-18(22)24-4/h10-12,16H,5-9,13H2,1-4H3,(H,20,22,23). The summed E-state index contributed by atoms with van der Waals surface area (Å²) in [6.45, 7) is 7.01. The van der Waals surface area contributed by atoms with E-state index in [9.17, 15) is 9.36 Å². The molecule has 0 spiro atoms. The first-order chi connectivity index (χ1) is 12.2. The third-order valence-corrected chi connectivity index (χ3v) is 7.29. The van der Waals surface area contributed by atoms with Crippen LogP contribution in [-0.2, 0) is 21.3 Å². The molecule has 0 aromatic heterocycles. The van der Waals surface area contributed by atoms with Crippen molar-refractivity contribution in [2.75, 3.05) is 7.11 Å². The molecule has 3 rings (SSSR count). The van der Waals surface area contributed by atoms with Crippen LogP contribution in [0.15, 0.2) is 18.2 Å². The van der Waals surface area contributed by atoms with E-state index in [1.165, 1.54) is 19.1 Å². The zero-order valence-corrected chi connectivity index (χ0v) is 17.0. The van der Waals surface area contributed by atoms with Crippen LogP contribution in [0, 0.1) is 0 Å². The Hall–Kier alpha value is -1.52. The maximum atomic E-state index is 13.6. The summed E-state index contributed by atoms with van der Waals surface area (Å²) < 4.78 is 26.0. The van der Waals surface area contributed by atoms with Crippen LogP contribution in [0.5, 0.6) is 5.75 Å². The van der Waals surface area contributed by atoms with Crippen LogP contribution in [0.25, 0.3) is 0 Å². The predicted molar refractivity (Wildman–Crippen MR) is 101 cm³/mol. The van der Waals surface area contributed by atoms with Gasteiger partial charge in [0.15, 0.2) is 0 Å². The molecule has 0 radical (unpaired) electrons. The van der Waals surface area contributed by atoms with Gasteiger partial charge < -0.3 is 9.26 Å². The molecule has 6 nitrogen and oxygen atoms in total. The number of benzene rings is 1. The Bertz CT molecular complexity index is 723. The summed E-state index contributed by atoms with van der Waals surface area (Å²) in [5.74, 6) is 0.574. The van der Waals surface area contributed by atoms with Crippen LogP contribution in [0.1, 0.15) is 64.0 Å². The molecule has 1 aliphatic carbocycles. The second kappa shape index (κ2) is 7.24. The highest BCUT2D eigenvalue weighted by atomic mass is 31.2. The number of amides is 1. The van der Waals surface area contributed by atoms with Crippen LogP contribution < -0.4 is 9.61 Å². The molecule has 1 amide bonds. The molecular weight excluding hydrogens is 351 g/mol. The number of methoxy groups -OCH3 is 1. The van der Waals surface area contributed by atoms with E-state index in [-0.39, 0.29) is 11.5 Å². The van der Waals surface area contributed by atoms with Crippen molar-refractivity contribution in [3.8, 4) is 5.75 Å². The second-order valence-corrected chi connectivity index (χ2v) is 10.1. The molecule has 1 aliphatic heterocycles. The lowest BCUT2D eigenvalue weighted by atomic mass is 9.86. The monoisotopic (exact) mass is 380 g/mol. The Morgan fingerprint density at radius 2 is 1.96 bits per heavy atom. The van der Waals surface area contributed by atoms with Gasteiger partial charge in [-0.2, -0.15) is 4.67 Å². The van der Waals surface area contributed by atoms with Gasteiger partial charge in [-0.05, 0) is 29.9 Å². The van der Waals surface area contributed by atoms with Gasteiger partial charge in [0.25, 0.3) is 0 Å². The smallest absolute Gasteiger partial charge is 0.425 e. The van der Waals surface area contributed by atoms with Gasteiger partial charge in [-0.1, -0.05) is 52.2 Å². The molecule has 0 bridgehead atoms. The molecule has 1 fully saturated rings. The van der Waals surface area contributed by atoms with Crippen LogP contribution in [0.4, 0.5) is 4.79 Å². The first-order valence-corrected chi connectivity index (χ1v) is 10.9. The van der Waals surface area contributed by atoms with Crippen molar-refractivity contribution in [2.45, 2.75) is 70.9 Å². The Kier molecular flexibility index (Phi) is 5.36. The molecule has 0 saturated heterocycles. The van der Waals surface area contributed by atoms with Crippen molar-refractivity contribution >= 4 is 13.8 Å². The van der Waals surface area contributed by atoms with Crippen molar-refractivity contribution in [2.24, 2.45) is 0 Å². The number of nitrogens with zero attached hydrogens (tertiary/aromatic N) is 1. The number of carbonyl (C=O) groups excluding carboxylic acids is 1. The lowest BCUT2D eigenvalue weighted by molar-refractivity contribution is 0.169. The number of hydrogen-bond donors (Lipinski definition) is 1. The minimum Gasteiger partial charge on any atom is -0.453 e. The normalized spacial score (nSPS) is 24.5. The Morgan fingerprint density at radius 3 is 2.58 bits per heavy atom. The molecule has 1 heterocycles. The average Bonchev–Trinajstić information content (AvgIpc) is 2.60. The van der Waals surface area contributed by atoms with Crippen molar-refractivity contribution < 1.29 is 18.6 Å². The van der Waals surface area contributed by atoms with Gasteiger partial charge in [-0.3, -0.25) is 0 Å². The summed E-state index contributed by atoms with van der Waals surface area (Å²) in [6, 6.07) is 6.13. The van der Waals surface area contributed by atoms with Crippen LogP contribution >= 0.6 is 7.67 Å². The molecule has 2 aliphatic rings. The topological polar surface area (TPSA) is 67.9 Å². The zero-order chi connectivity index (χ0) is 18.9. The Balaban J connectivity index is 1.97. The van der Waals surface area contributed by atoms with Gasteiger partial charge >= 0.3 is 13.8 Å². The van der Waals surface area contributed by atoms with Gasteiger partial charge in [0.05, 0.1) is 7.11 Å². The fraction of sp³-hybridized carbons (Fsp3) is 0.632. The highest BCUT2D eigenvalue weighted by Crippen LogP contribution is 2.55. The molecule has 144 valence electrons. The van der Waals surface area contributed by atoms with E-state index < -0.39 is 13.8 Å². The van der Waals surface area contributed by atoms with Gasteiger partial charge in [-0.25, -0.2) is 14.4 Å². The van der Waals surface area contributed by atoms with E-state index in [0.717, 1.165) is 31.2 Å². The van der Waals surface area contributed by atoms with Gasteiger partial charge in [0, 0.05) is 18.2 Å². The van der Waals surface area contributed by atoms with Crippen LogP contribution in [0.3, 0.4) is 0 Å². The SMILES string of the molecule is COC(=O)NP1(=O)Oc2ccc(C(C)(C)C)cc2CN1C1CCCCC1. The molecule has 1 N–H and O–H groups in total. The summed E-state index contributed by atoms with van der Waals surface area (Å²) >= 11 is 0. The highest BCUT2D eigenvalue weighted by Gasteiger charge is 2.44. The molecule has 1 unspecified atom stereocenters. The fourth-order valence-corrected chi connectivity index (χ4v) is 5.73. The van der Waals surface area contributed by atoms with E-state index in [2.05, 4.69) is 36.7 Å². The maximum Gasteiger partial charge on any atom is 0.425 e. The van der Waals surface area contributed by atoms with Gasteiger partial charge in [0.1, 0.15) is 5.75 Å². The Morgan fingerprint density at radius 1 is 1.27 bits per heavy atom. The summed E-state index contributed by atoms with van der Waals surface area (Å²) in [6.07, 6.45) is 4.60. The lowest BCUT2D eigenvalue weighted by Gasteiger charge is -2.41. The van der Waals surface area contributed by atoms with Crippen LogP contribution in [0.2, 0.25) is 0 Å². The number of hydrogen-bond acceptors (Lipinski definition) is 4. The predicted octanol–water partition coefficient (Wildman–Crippen LogP) is 4.98. The summed E-state index contributed by atoms with van der Waals surface area (Å²) in [5, 5.41) is 2.48. The van der Waals surface area contributed by atoms with E-state index in [4.69, 9.17) is 4.52 Å². The van der Waals surface area contributed by atoms with E-state index in [0.29, 0.717) is 12.3 Å². The molecule has 1 aromatic rings. The van der Waals surface area contributed by atoms with Crippen molar-refractivity contribution in [1.82, 2.24) is 9.76 Å². The molecule has 7 heteroatoms. The minimum atomic E-state index is -3.54. The van der Waals surface area contributed by atoms with Gasteiger partial charge in [-0.15, -0.1) is 0 Å². The summed E-state index contributed by atoms with van der Waals surface area (Å²) in [4.78, 5) is 11.8. The molecule has 1 atom stereocenters. The number of ether oxygens (including phenoxy) is 1. The number of fused-ring (bicyclic) bond motifs is 1. The third-order valence-electron chi connectivity index (χ3n) is 5.23. The second-order valence-electron chi connectivity index (χ2n) is 8.18. The van der Waals surface area contributed by atoms with E-state index >= 15 is 0 Å². The maximum absolute atomic E-state index is 13.6. The van der Waals surface area contributed by atoms with E-state index in [1.807, 2.05) is 16.8 Å². The molecule has 1 aromatic carbocycles. The number of nitrogens with one attached hydrogen (secondary N) is 1. The van der Waals surface area contributed by atoms with Gasteiger partial charge in [0.2, 0.25) is 0 Å². The third kappa shape index (κ3) is 3.91. The van der Waals surface area contributed by atoms with Crippen molar-refractivity contribution in [3.63, 3.8) is 0 Å². The number of carbonyl (C=O) groups is 1. The average molecular weight is 380 g/mol. The lowest BCUT2D eigenvalue weighted by Crippen LogP contribution is -2.43. The highest BCUT2D eigenvalue weighted by molar-refractivity contribution is 7.55. The summed E-state index contributed by atoms with van der Waals surface area (Å²) in [7, 11) is -2.28. The van der Waals surface area contributed by atoms with Crippen molar-refractivity contribution in [1.29, 1.82) is 0 Å². The fourth-order valence-electron chi connectivity index (χ4n) is 3.68. The van der Waals surface area contributed by atoms with Crippen LogP contribution in [-0.4, -0.2) is 23.9 Å². The molecule has 1 saturated carbocycles. The largest absolute Gasteiger partial charge is 0.453 e. The zero-order valence-electron chi connectivity index (χ0n) is 16.1. The minimum absolute atomic E-state index is 0.0239. The van der Waals surface area contributed by atoms with Crippen molar-refractivity contribution in [3.05, 3.63) is 29.3 Å².